The van der Waals surface area contributed by atoms with Gasteiger partial charge in [-0.3, -0.25) is 19.2 Å². The van der Waals surface area contributed by atoms with Crippen LogP contribution in [-0.4, -0.2) is 74.7 Å². The van der Waals surface area contributed by atoms with Crippen LogP contribution in [0.25, 0.3) is 0 Å². The zero-order chi connectivity index (χ0) is 18.5. The van der Waals surface area contributed by atoms with E-state index in [1.165, 1.54) is 35.8 Å². The third-order valence-corrected chi connectivity index (χ3v) is 4.99. The first-order valence-corrected chi connectivity index (χ1v) is 9.25. The van der Waals surface area contributed by atoms with Crippen molar-refractivity contribution >= 4 is 45.3 Å². The largest absolute Gasteiger partial charge is 0.468 e. The number of ether oxygens (including phenoxy) is 2. The number of nitrogens with one attached hydrogen (secondary N) is 2. The van der Waals surface area contributed by atoms with Gasteiger partial charge in [0.05, 0.1) is 26.3 Å². The Labute approximate surface area is 147 Å². The molecule has 0 aromatic carbocycles. The minimum absolute atomic E-state index is 0.244. The summed E-state index contributed by atoms with van der Waals surface area (Å²) in [6, 6.07) is -1.62. The molecule has 0 bridgehead atoms. The SMILES string of the molecule is COC(=O)CNC(=O)[C@@H](N)CSSC[C@H](N)C(=O)NCC(=O)OC. The predicted octanol–water partition coefficient (Wildman–Crippen LogP) is -2.40. The molecule has 24 heavy (non-hydrogen) atoms. The molecule has 0 aliphatic rings. The third kappa shape index (κ3) is 10.3. The molecule has 0 aliphatic heterocycles. The molecule has 138 valence electrons. The molecule has 0 aliphatic carbocycles. The van der Waals surface area contributed by atoms with E-state index in [1.54, 1.807) is 0 Å². The number of methoxy groups -OCH3 is 2. The number of hydrogen-bond acceptors (Lipinski definition) is 10. The number of esters is 2. The normalized spacial score (nSPS) is 12.7. The van der Waals surface area contributed by atoms with E-state index in [-0.39, 0.29) is 24.6 Å². The van der Waals surface area contributed by atoms with Crippen LogP contribution in [0.5, 0.6) is 0 Å². The number of amides is 2. The van der Waals surface area contributed by atoms with Gasteiger partial charge < -0.3 is 31.6 Å². The van der Waals surface area contributed by atoms with Crippen molar-refractivity contribution in [3.05, 3.63) is 0 Å². The fraction of sp³-hybridized carbons (Fsp3) is 0.667. The summed E-state index contributed by atoms with van der Waals surface area (Å²) in [4.78, 5) is 44.9. The van der Waals surface area contributed by atoms with Crippen molar-refractivity contribution in [1.29, 1.82) is 0 Å². The molecule has 0 saturated heterocycles. The van der Waals surface area contributed by atoms with E-state index in [9.17, 15) is 19.2 Å². The highest BCUT2D eigenvalue weighted by Crippen LogP contribution is 2.22. The van der Waals surface area contributed by atoms with Crippen LogP contribution < -0.4 is 22.1 Å². The van der Waals surface area contributed by atoms with Gasteiger partial charge in [-0.05, 0) is 0 Å². The second-order valence-corrected chi connectivity index (χ2v) is 6.92. The summed E-state index contributed by atoms with van der Waals surface area (Å²) in [5, 5.41) is 4.68. The first kappa shape index (κ1) is 22.5. The lowest BCUT2D eigenvalue weighted by Crippen LogP contribution is -2.44. The molecule has 6 N–H and O–H groups in total. The Balaban J connectivity index is 3.86. The van der Waals surface area contributed by atoms with Crippen molar-refractivity contribution in [2.75, 3.05) is 38.8 Å². The van der Waals surface area contributed by atoms with Crippen molar-refractivity contribution < 1.29 is 28.7 Å². The van der Waals surface area contributed by atoms with Crippen LogP contribution in [0, 0.1) is 0 Å². The minimum Gasteiger partial charge on any atom is -0.468 e. The number of nitrogens with two attached hydrogens (primary N) is 2. The number of hydrogen-bond donors (Lipinski definition) is 4. The minimum atomic E-state index is -0.809. The van der Waals surface area contributed by atoms with Crippen molar-refractivity contribution in [2.24, 2.45) is 11.5 Å². The lowest BCUT2D eigenvalue weighted by Gasteiger charge is -2.13. The van der Waals surface area contributed by atoms with E-state index in [4.69, 9.17) is 11.5 Å². The average molecular weight is 382 g/mol. The standard InChI is InChI=1S/C12H22N4O6S2/c1-21-9(17)3-15-11(19)7(13)5-23-24-6-8(14)12(20)16-4-10(18)22-2/h7-8H,3-6,13-14H2,1-2H3,(H,15,19)(H,16,20)/t7-,8-/m0/s1. The first-order chi connectivity index (χ1) is 11.3. The van der Waals surface area contributed by atoms with Crippen LogP contribution in [0.15, 0.2) is 0 Å². The van der Waals surface area contributed by atoms with Crippen LogP contribution in [0.3, 0.4) is 0 Å². The molecule has 0 fully saturated rings. The number of rotatable bonds is 11. The van der Waals surface area contributed by atoms with Crippen LogP contribution >= 0.6 is 21.6 Å². The fourth-order valence-electron chi connectivity index (χ4n) is 1.12. The monoisotopic (exact) mass is 382 g/mol. The molecule has 12 heteroatoms. The Morgan fingerprint density at radius 3 is 1.46 bits per heavy atom. The quantitative estimate of drug-likeness (QED) is 0.172. The summed E-state index contributed by atoms with van der Waals surface area (Å²) in [6.45, 7) is -0.488. The van der Waals surface area contributed by atoms with Crippen LogP contribution in [-0.2, 0) is 28.7 Å². The average Bonchev–Trinajstić information content (AvgIpc) is 2.59. The van der Waals surface area contributed by atoms with Crippen LogP contribution in [0.2, 0.25) is 0 Å². The fourth-order valence-corrected chi connectivity index (χ4v) is 3.36. The Hall–Kier alpha value is -1.50. The maximum absolute atomic E-state index is 11.6. The molecule has 0 unspecified atom stereocenters. The van der Waals surface area contributed by atoms with Gasteiger partial charge in [0, 0.05) is 11.5 Å². The topological polar surface area (TPSA) is 163 Å². The van der Waals surface area contributed by atoms with Gasteiger partial charge >= 0.3 is 11.9 Å². The van der Waals surface area contributed by atoms with E-state index < -0.39 is 35.8 Å². The highest BCUT2D eigenvalue weighted by atomic mass is 33.1. The Morgan fingerprint density at radius 1 is 0.833 bits per heavy atom. The van der Waals surface area contributed by atoms with Gasteiger partial charge in [0.25, 0.3) is 0 Å². The summed E-state index contributed by atoms with van der Waals surface area (Å²) in [5.74, 6) is -1.55. The van der Waals surface area contributed by atoms with Crippen molar-refractivity contribution in [3.8, 4) is 0 Å². The molecular formula is C12H22N4O6S2. The molecule has 0 saturated carbocycles. The van der Waals surface area contributed by atoms with Crippen LogP contribution in [0.4, 0.5) is 0 Å². The Morgan fingerprint density at radius 2 is 1.17 bits per heavy atom. The van der Waals surface area contributed by atoms with E-state index in [0.717, 1.165) is 0 Å². The smallest absolute Gasteiger partial charge is 0.325 e. The molecule has 0 aromatic rings. The van der Waals surface area contributed by atoms with Gasteiger partial charge in [0.1, 0.15) is 13.1 Å². The zero-order valence-corrected chi connectivity index (χ0v) is 15.0. The van der Waals surface area contributed by atoms with E-state index in [1.807, 2.05) is 0 Å². The number of carbonyl (C=O) groups excluding carboxylic acids is 4. The van der Waals surface area contributed by atoms with Crippen molar-refractivity contribution in [2.45, 2.75) is 12.1 Å². The lowest BCUT2D eigenvalue weighted by atomic mass is 10.3. The summed E-state index contributed by atoms with van der Waals surface area (Å²) in [6.07, 6.45) is 0. The number of carbonyl (C=O) groups is 4. The zero-order valence-electron chi connectivity index (χ0n) is 13.4. The summed E-state index contributed by atoms with van der Waals surface area (Å²) < 4.78 is 8.77. The molecule has 2 amide bonds. The van der Waals surface area contributed by atoms with Gasteiger partial charge in [-0.2, -0.15) is 0 Å². The molecule has 0 aromatic heterocycles. The Kier molecular flexibility index (Phi) is 12.1. The van der Waals surface area contributed by atoms with Gasteiger partial charge in [-0.1, -0.05) is 21.6 Å². The van der Waals surface area contributed by atoms with Gasteiger partial charge in [-0.25, -0.2) is 0 Å². The van der Waals surface area contributed by atoms with Gasteiger partial charge in [0.15, 0.2) is 0 Å². The molecule has 2 atom stereocenters. The first-order valence-electron chi connectivity index (χ1n) is 6.76. The van der Waals surface area contributed by atoms with Crippen molar-refractivity contribution in [1.82, 2.24) is 10.6 Å². The van der Waals surface area contributed by atoms with E-state index in [2.05, 4.69) is 20.1 Å². The molecule has 0 radical (unpaired) electrons. The highest BCUT2D eigenvalue weighted by Gasteiger charge is 2.17. The van der Waals surface area contributed by atoms with Gasteiger partial charge in [-0.15, -0.1) is 0 Å². The van der Waals surface area contributed by atoms with Crippen molar-refractivity contribution in [3.63, 3.8) is 0 Å². The Bertz CT molecular complexity index is 411. The maximum atomic E-state index is 11.6. The highest BCUT2D eigenvalue weighted by molar-refractivity contribution is 8.76. The molecule has 0 spiro atoms. The third-order valence-electron chi connectivity index (χ3n) is 2.52. The second-order valence-electron chi connectivity index (χ2n) is 4.37. The lowest BCUT2D eigenvalue weighted by molar-refractivity contribution is -0.141. The van der Waals surface area contributed by atoms with Crippen LogP contribution in [0.1, 0.15) is 0 Å². The summed E-state index contributed by atoms with van der Waals surface area (Å²) >= 11 is 0. The van der Waals surface area contributed by atoms with E-state index in [0.29, 0.717) is 0 Å². The maximum Gasteiger partial charge on any atom is 0.325 e. The van der Waals surface area contributed by atoms with Gasteiger partial charge in [0.2, 0.25) is 11.8 Å². The second kappa shape index (κ2) is 12.9. The molecule has 0 rings (SSSR count). The molecule has 10 nitrogen and oxygen atoms in total. The summed E-state index contributed by atoms with van der Waals surface area (Å²) in [7, 11) is 4.96. The molecule has 0 heterocycles. The summed E-state index contributed by atoms with van der Waals surface area (Å²) in [5.41, 5.74) is 11.3. The molecular weight excluding hydrogens is 360 g/mol. The van der Waals surface area contributed by atoms with E-state index >= 15 is 0 Å². The predicted molar refractivity (Wildman–Crippen MR) is 90.9 cm³/mol.